The summed E-state index contributed by atoms with van der Waals surface area (Å²) in [5, 5.41) is 9.63. The van der Waals surface area contributed by atoms with Crippen LogP contribution in [0, 0.1) is 9.39 Å². The number of aliphatic hydroxyl groups is 1. The van der Waals surface area contributed by atoms with E-state index in [1.54, 1.807) is 13.0 Å². The second kappa shape index (κ2) is 6.34. The Balaban J connectivity index is 2.14. The van der Waals surface area contributed by atoms with Gasteiger partial charge >= 0.3 is 0 Å². The molecule has 0 bridgehead atoms. The Bertz CT molecular complexity index is 553. The van der Waals surface area contributed by atoms with E-state index in [-0.39, 0.29) is 5.82 Å². The Labute approximate surface area is 125 Å². The van der Waals surface area contributed by atoms with E-state index in [0.29, 0.717) is 17.9 Å². The summed E-state index contributed by atoms with van der Waals surface area (Å²) < 4.78 is 20.0. The molecule has 0 aromatic heterocycles. The molecule has 2 nitrogen and oxygen atoms in total. The smallest absolute Gasteiger partial charge is 0.128 e. The topological polar surface area (TPSA) is 29.5 Å². The van der Waals surface area contributed by atoms with Crippen molar-refractivity contribution >= 4 is 22.6 Å². The van der Waals surface area contributed by atoms with Crippen LogP contribution in [0.3, 0.4) is 0 Å². The molecule has 1 atom stereocenters. The van der Waals surface area contributed by atoms with Gasteiger partial charge in [-0.1, -0.05) is 12.1 Å². The predicted octanol–water partition coefficient (Wildman–Crippen LogP) is 4.06. The lowest BCUT2D eigenvalue weighted by molar-refractivity contribution is 0.190. The van der Waals surface area contributed by atoms with Crippen LogP contribution in [-0.4, -0.2) is 5.11 Å². The fourth-order valence-electron chi connectivity index (χ4n) is 1.72. The van der Waals surface area contributed by atoms with Gasteiger partial charge in [0.25, 0.3) is 0 Å². The van der Waals surface area contributed by atoms with E-state index in [1.165, 1.54) is 12.1 Å². The van der Waals surface area contributed by atoms with Crippen LogP contribution in [0.4, 0.5) is 4.39 Å². The van der Waals surface area contributed by atoms with Gasteiger partial charge in [-0.2, -0.15) is 0 Å². The van der Waals surface area contributed by atoms with E-state index in [0.717, 1.165) is 9.13 Å². The number of hydrogen-bond acceptors (Lipinski definition) is 2. The number of ether oxygens (including phenoxy) is 1. The number of halogens is 2. The second-order valence-corrected chi connectivity index (χ2v) is 5.52. The van der Waals surface area contributed by atoms with Crippen LogP contribution in [0.25, 0.3) is 0 Å². The molecule has 4 heteroatoms. The molecule has 0 amide bonds. The molecule has 0 fully saturated rings. The fourth-order valence-corrected chi connectivity index (χ4v) is 2.08. The first-order valence-electron chi connectivity index (χ1n) is 5.91. The molecule has 0 saturated heterocycles. The van der Waals surface area contributed by atoms with Crippen LogP contribution in [0.5, 0.6) is 5.75 Å². The number of hydrogen-bond donors (Lipinski definition) is 1. The van der Waals surface area contributed by atoms with Crippen molar-refractivity contribution in [2.24, 2.45) is 0 Å². The van der Waals surface area contributed by atoms with E-state index < -0.39 is 6.10 Å². The minimum Gasteiger partial charge on any atom is -0.488 e. The van der Waals surface area contributed by atoms with Crippen LogP contribution < -0.4 is 4.74 Å². The van der Waals surface area contributed by atoms with E-state index in [1.807, 2.05) is 24.3 Å². The first-order chi connectivity index (χ1) is 9.06. The summed E-state index contributed by atoms with van der Waals surface area (Å²) in [4.78, 5) is 0. The summed E-state index contributed by atoms with van der Waals surface area (Å²) in [6.45, 7) is 1.98. The van der Waals surface area contributed by atoms with Gasteiger partial charge in [-0.3, -0.25) is 0 Å². The van der Waals surface area contributed by atoms with Crippen LogP contribution >= 0.6 is 22.6 Å². The van der Waals surface area contributed by atoms with Crippen LogP contribution in [0.15, 0.2) is 42.5 Å². The van der Waals surface area contributed by atoms with Gasteiger partial charge in [0.15, 0.2) is 0 Å². The summed E-state index contributed by atoms with van der Waals surface area (Å²) in [5.41, 5.74) is 1.59. The van der Waals surface area contributed by atoms with Crippen molar-refractivity contribution in [2.75, 3.05) is 0 Å². The monoisotopic (exact) mass is 372 g/mol. The molecule has 0 heterocycles. The Morgan fingerprint density at radius 3 is 2.53 bits per heavy atom. The first kappa shape index (κ1) is 14.3. The predicted molar refractivity (Wildman–Crippen MR) is 80.5 cm³/mol. The molecule has 19 heavy (non-hydrogen) atoms. The lowest BCUT2D eigenvalue weighted by Gasteiger charge is -2.13. The summed E-state index contributed by atoms with van der Waals surface area (Å²) in [7, 11) is 0. The van der Waals surface area contributed by atoms with Crippen LogP contribution in [0.1, 0.15) is 24.2 Å². The van der Waals surface area contributed by atoms with E-state index in [2.05, 4.69) is 22.6 Å². The number of benzene rings is 2. The van der Waals surface area contributed by atoms with Crippen molar-refractivity contribution in [3.8, 4) is 5.75 Å². The number of aliphatic hydroxyl groups excluding tert-OH is 1. The third-order valence-electron chi connectivity index (χ3n) is 2.73. The SMILES string of the molecule is CC(O)c1ccc(F)cc1OCc1ccc(I)cc1. The maximum Gasteiger partial charge on any atom is 0.128 e. The van der Waals surface area contributed by atoms with Gasteiger partial charge < -0.3 is 9.84 Å². The molecule has 2 rings (SSSR count). The molecule has 100 valence electrons. The molecule has 2 aromatic carbocycles. The molecule has 0 radical (unpaired) electrons. The summed E-state index contributed by atoms with van der Waals surface area (Å²) in [6, 6.07) is 12.1. The van der Waals surface area contributed by atoms with Gasteiger partial charge in [0.2, 0.25) is 0 Å². The van der Waals surface area contributed by atoms with Gasteiger partial charge in [-0.25, -0.2) is 4.39 Å². The summed E-state index contributed by atoms with van der Waals surface area (Å²) in [5.74, 6) is 0.00978. The van der Waals surface area contributed by atoms with E-state index >= 15 is 0 Å². The zero-order valence-electron chi connectivity index (χ0n) is 10.4. The Hall–Kier alpha value is -1.14. The second-order valence-electron chi connectivity index (χ2n) is 4.27. The van der Waals surface area contributed by atoms with Crippen molar-refractivity contribution in [2.45, 2.75) is 19.6 Å². The maximum absolute atomic E-state index is 13.2. The van der Waals surface area contributed by atoms with E-state index in [9.17, 15) is 9.50 Å². The van der Waals surface area contributed by atoms with Gasteiger partial charge in [0.05, 0.1) is 6.10 Å². The highest BCUT2D eigenvalue weighted by Gasteiger charge is 2.10. The van der Waals surface area contributed by atoms with Gasteiger partial charge in [0, 0.05) is 15.2 Å². The molecule has 0 aliphatic heterocycles. The highest BCUT2D eigenvalue weighted by molar-refractivity contribution is 14.1. The molecule has 0 aliphatic rings. The fraction of sp³-hybridized carbons (Fsp3) is 0.200. The zero-order chi connectivity index (χ0) is 13.8. The van der Waals surface area contributed by atoms with Crippen molar-refractivity contribution < 1.29 is 14.2 Å². The third-order valence-corrected chi connectivity index (χ3v) is 3.45. The van der Waals surface area contributed by atoms with Crippen LogP contribution in [0.2, 0.25) is 0 Å². The quantitative estimate of drug-likeness (QED) is 0.821. The molecule has 0 saturated carbocycles. The Morgan fingerprint density at radius 1 is 1.21 bits per heavy atom. The van der Waals surface area contributed by atoms with Crippen molar-refractivity contribution in [3.05, 3.63) is 63.0 Å². The van der Waals surface area contributed by atoms with Gasteiger partial charge in [-0.05, 0) is 59.3 Å². The lowest BCUT2D eigenvalue weighted by Crippen LogP contribution is -2.01. The standard InChI is InChI=1S/C15H14FIO2/c1-10(18)14-7-4-12(16)8-15(14)19-9-11-2-5-13(17)6-3-11/h2-8,10,18H,9H2,1H3. The van der Waals surface area contributed by atoms with E-state index in [4.69, 9.17) is 4.74 Å². The highest BCUT2D eigenvalue weighted by atomic mass is 127. The highest BCUT2D eigenvalue weighted by Crippen LogP contribution is 2.26. The van der Waals surface area contributed by atoms with Crippen molar-refractivity contribution in [1.29, 1.82) is 0 Å². The molecule has 1 unspecified atom stereocenters. The minimum absolute atomic E-state index is 0.347. The number of rotatable bonds is 4. The van der Waals surface area contributed by atoms with Gasteiger partial charge in [0.1, 0.15) is 18.2 Å². The van der Waals surface area contributed by atoms with Gasteiger partial charge in [-0.15, -0.1) is 0 Å². The minimum atomic E-state index is -0.688. The molecule has 2 aromatic rings. The average Bonchev–Trinajstić information content (AvgIpc) is 2.38. The summed E-state index contributed by atoms with van der Waals surface area (Å²) >= 11 is 2.23. The largest absolute Gasteiger partial charge is 0.488 e. The lowest BCUT2D eigenvalue weighted by atomic mass is 10.1. The zero-order valence-corrected chi connectivity index (χ0v) is 12.6. The molecular formula is C15H14FIO2. The third kappa shape index (κ3) is 3.91. The first-order valence-corrected chi connectivity index (χ1v) is 6.99. The van der Waals surface area contributed by atoms with Crippen molar-refractivity contribution in [3.63, 3.8) is 0 Å². The average molecular weight is 372 g/mol. The Kier molecular flexibility index (Phi) is 4.76. The maximum atomic E-state index is 13.2. The molecule has 1 N–H and O–H groups in total. The molecular weight excluding hydrogens is 358 g/mol. The van der Waals surface area contributed by atoms with Crippen LogP contribution in [-0.2, 0) is 6.61 Å². The van der Waals surface area contributed by atoms with Crippen molar-refractivity contribution in [1.82, 2.24) is 0 Å². The Morgan fingerprint density at radius 2 is 1.89 bits per heavy atom. The molecule has 0 spiro atoms. The summed E-state index contributed by atoms with van der Waals surface area (Å²) in [6.07, 6.45) is -0.688. The normalized spacial score (nSPS) is 12.2. The molecule has 0 aliphatic carbocycles.